The summed E-state index contributed by atoms with van der Waals surface area (Å²) in [4.78, 5) is 15.3. The molecule has 0 fully saturated rings. The van der Waals surface area contributed by atoms with Gasteiger partial charge in [-0.05, 0) is 24.5 Å². The van der Waals surface area contributed by atoms with Crippen LogP contribution in [-0.2, 0) is 14.8 Å². The second kappa shape index (κ2) is 6.41. The van der Waals surface area contributed by atoms with Crippen LogP contribution in [0.15, 0.2) is 41.6 Å². The molecule has 1 unspecified atom stereocenters. The van der Waals surface area contributed by atoms with Crippen LogP contribution < -0.4 is 4.72 Å². The molecule has 1 aromatic carbocycles. The van der Waals surface area contributed by atoms with E-state index in [-0.39, 0.29) is 17.2 Å². The molecular weight excluding hydrogens is 304 g/mol. The minimum absolute atomic E-state index is 0.0560. The first-order valence-electron chi connectivity index (χ1n) is 6.89. The Hall–Kier alpha value is -1.99. The summed E-state index contributed by atoms with van der Waals surface area (Å²) in [5.41, 5.74) is 0. The van der Waals surface area contributed by atoms with Crippen LogP contribution in [0.1, 0.15) is 20.3 Å². The number of fused-ring (bicyclic) bond motifs is 1. The summed E-state index contributed by atoms with van der Waals surface area (Å²) in [6, 6.07) is 5.27. The number of aromatic nitrogens is 1. The van der Waals surface area contributed by atoms with Crippen LogP contribution in [0.3, 0.4) is 0 Å². The average Bonchev–Trinajstić information content (AvgIpc) is 2.45. The second-order valence-electron chi connectivity index (χ2n) is 5.49. The number of aliphatic carboxylic acids is 1. The first kappa shape index (κ1) is 16.4. The Morgan fingerprint density at radius 3 is 2.68 bits per heavy atom. The van der Waals surface area contributed by atoms with Crippen molar-refractivity contribution in [1.82, 2.24) is 9.71 Å². The number of nitrogens with one attached hydrogen (secondary N) is 1. The summed E-state index contributed by atoms with van der Waals surface area (Å²) in [5.74, 6) is -1.13. The number of pyridine rings is 1. The number of nitrogens with zero attached hydrogens (tertiary/aromatic N) is 1. The number of rotatable bonds is 6. The number of sulfonamides is 1. The van der Waals surface area contributed by atoms with Crippen LogP contribution in [0.4, 0.5) is 0 Å². The number of carboxylic acids is 1. The molecule has 0 radical (unpaired) electrons. The lowest BCUT2D eigenvalue weighted by atomic mass is 10.1. The van der Waals surface area contributed by atoms with Crippen LogP contribution in [-0.4, -0.2) is 30.5 Å². The van der Waals surface area contributed by atoms with Gasteiger partial charge >= 0.3 is 5.97 Å². The summed E-state index contributed by atoms with van der Waals surface area (Å²) in [6.07, 6.45) is 3.29. The Labute approximate surface area is 129 Å². The molecule has 2 aromatic rings. The van der Waals surface area contributed by atoms with Crippen molar-refractivity contribution < 1.29 is 18.3 Å². The van der Waals surface area contributed by atoms with Crippen molar-refractivity contribution in [2.45, 2.75) is 31.2 Å². The summed E-state index contributed by atoms with van der Waals surface area (Å²) in [6.45, 7) is 3.68. The van der Waals surface area contributed by atoms with Crippen molar-refractivity contribution in [2.75, 3.05) is 0 Å². The van der Waals surface area contributed by atoms with E-state index in [2.05, 4.69) is 9.71 Å². The maximum absolute atomic E-state index is 12.5. The summed E-state index contributed by atoms with van der Waals surface area (Å²) in [5, 5.41) is 10.4. The highest BCUT2D eigenvalue weighted by molar-refractivity contribution is 7.89. The maximum Gasteiger partial charge on any atom is 0.321 e. The van der Waals surface area contributed by atoms with Crippen LogP contribution in [0.2, 0.25) is 0 Å². The molecule has 0 bridgehead atoms. The molecule has 1 atom stereocenters. The fourth-order valence-electron chi connectivity index (χ4n) is 2.25. The predicted molar refractivity (Wildman–Crippen MR) is 82.9 cm³/mol. The Bertz CT molecular complexity index is 782. The molecule has 0 aliphatic carbocycles. The van der Waals surface area contributed by atoms with Gasteiger partial charge in [0.25, 0.3) is 0 Å². The van der Waals surface area contributed by atoms with Crippen molar-refractivity contribution >= 4 is 26.8 Å². The Morgan fingerprint density at radius 1 is 1.32 bits per heavy atom. The molecular formula is C15H18N2O4S. The van der Waals surface area contributed by atoms with Crippen LogP contribution in [0, 0.1) is 5.92 Å². The highest BCUT2D eigenvalue weighted by atomic mass is 32.2. The maximum atomic E-state index is 12.5. The third-order valence-corrected chi connectivity index (χ3v) is 4.76. The monoisotopic (exact) mass is 322 g/mol. The molecule has 7 heteroatoms. The number of hydrogen-bond donors (Lipinski definition) is 2. The molecule has 0 saturated carbocycles. The first-order chi connectivity index (χ1) is 10.3. The van der Waals surface area contributed by atoms with Crippen molar-refractivity contribution in [2.24, 2.45) is 5.92 Å². The molecule has 6 nitrogen and oxygen atoms in total. The lowest BCUT2D eigenvalue weighted by molar-refractivity contribution is -0.139. The average molecular weight is 322 g/mol. The predicted octanol–water partition coefficient (Wildman–Crippen LogP) is 2.01. The van der Waals surface area contributed by atoms with E-state index in [1.165, 1.54) is 12.3 Å². The molecule has 1 aromatic heterocycles. The Morgan fingerprint density at radius 2 is 2.05 bits per heavy atom. The van der Waals surface area contributed by atoms with E-state index in [0.29, 0.717) is 10.8 Å². The number of carbonyl (C=O) groups is 1. The smallest absolute Gasteiger partial charge is 0.321 e. The van der Waals surface area contributed by atoms with E-state index in [1.54, 1.807) is 24.4 Å². The van der Waals surface area contributed by atoms with E-state index in [1.807, 2.05) is 13.8 Å². The molecule has 2 rings (SSSR count). The van der Waals surface area contributed by atoms with E-state index in [4.69, 9.17) is 0 Å². The summed E-state index contributed by atoms with van der Waals surface area (Å²) < 4.78 is 27.4. The van der Waals surface area contributed by atoms with Gasteiger partial charge in [-0.2, -0.15) is 4.72 Å². The fourth-order valence-corrected chi connectivity index (χ4v) is 3.68. The second-order valence-corrected chi connectivity index (χ2v) is 7.18. The third kappa shape index (κ3) is 3.61. The first-order valence-corrected chi connectivity index (χ1v) is 8.37. The van der Waals surface area contributed by atoms with E-state index in [0.717, 1.165) is 0 Å². The zero-order chi connectivity index (χ0) is 16.3. The normalized spacial score (nSPS) is 13.4. The van der Waals surface area contributed by atoms with Gasteiger partial charge in [0.2, 0.25) is 10.0 Å². The topological polar surface area (TPSA) is 96.4 Å². The van der Waals surface area contributed by atoms with E-state index in [9.17, 15) is 18.3 Å². The molecule has 0 amide bonds. The van der Waals surface area contributed by atoms with Crippen molar-refractivity contribution in [3.63, 3.8) is 0 Å². The molecule has 118 valence electrons. The molecule has 0 spiro atoms. The van der Waals surface area contributed by atoms with Gasteiger partial charge < -0.3 is 5.11 Å². The van der Waals surface area contributed by atoms with Crippen LogP contribution in [0.25, 0.3) is 10.8 Å². The fraction of sp³-hybridized carbons (Fsp3) is 0.333. The summed E-state index contributed by atoms with van der Waals surface area (Å²) >= 11 is 0. The van der Waals surface area contributed by atoms with Gasteiger partial charge in [-0.1, -0.05) is 26.0 Å². The standard InChI is InChI=1S/C15H18N2O4S/c1-10(2)8-13(15(18)19)17-22(20,21)14-5-3-4-11-9-16-7-6-12(11)14/h3-7,9-10,13,17H,8H2,1-2H3,(H,18,19). The molecule has 2 N–H and O–H groups in total. The van der Waals surface area contributed by atoms with E-state index >= 15 is 0 Å². The van der Waals surface area contributed by atoms with Gasteiger partial charge in [0.1, 0.15) is 6.04 Å². The Balaban J connectivity index is 2.42. The van der Waals surface area contributed by atoms with Gasteiger partial charge in [-0.15, -0.1) is 0 Å². The van der Waals surface area contributed by atoms with Crippen molar-refractivity contribution in [3.8, 4) is 0 Å². The SMILES string of the molecule is CC(C)CC(NS(=O)(=O)c1cccc2cnccc12)C(=O)O. The van der Waals surface area contributed by atoms with Crippen molar-refractivity contribution in [1.29, 1.82) is 0 Å². The largest absolute Gasteiger partial charge is 0.480 e. The van der Waals surface area contributed by atoms with Crippen molar-refractivity contribution in [3.05, 3.63) is 36.7 Å². The molecule has 1 heterocycles. The van der Waals surface area contributed by atoms with E-state index < -0.39 is 22.0 Å². The molecule has 0 aliphatic rings. The van der Waals surface area contributed by atoms with Crippen LogP contribution in [0.5, 0.6) is 0 Å². The highest BCUT2D eigenvalue weighted by Crippen LogP contribution is 2.22. The number of carboxylic acid groups (broad SMARTS) is 1. The van der Waals surface area contributed by atoms with Gasteiger partial charge in [-0.25, -0.2) is 8.42 Å². The minimum atomic E-state index is -3.94. The summed E-state index contributed by atoms with van der Waals surface area (Å²) in [7, 11) is -3.94. The number of benzene rings is 1. The zero-order valence-corrected chi connectivity index (χ0v) is 13.2. The lowest BCUT2D eigenvalue weighted by Gasteiger charge is -2.17. The third-order valence-electron chi connectivity index (χ3n) is 3.23. The van der Waals surface area contributed by atoms with Gasteiger partial charge in [0.15, 0.2) is 0 Å². The van der Waals surface area contributed by atoms with Crippen LogP contribution >= 0.6 is 0 Å². The zero-order valence-electron chi connectivity index (χ0n) is 12.4. The number of hydrogen-bond acceptors (Lipinski definition) is 4. The van der Waals surface area contributed by atoms with Gasteiger partial charge in [-0.3, -0.25) is 9.78 Å². The lowest BCUT2D eigenvalue weighted by Crippen LogP contribution is -2.41. The Kier molecular flexibility index (Phi) is 4.77. The molecule has 0 aliphatic heterocycles. The minimum Gasteiger partial charge on any atom is -0.480 e. The van der Waals surface area contributed by atoms with Gasteiger partial charge in [0.05, 0.1) is 4.90 Å². The molecule has 22 heavy (non-hydrogen) atoms. The quantitative estimate of drug-likeness (QED) is 0.848. The molecule has 0 saturated heterocycles. The van der Waals surface area contributed by atoms with Gasteiger partial charge in [0, 0.05) is 23.2 Å². The highest BCUT2D eigenvalue weighted by Gasteiger charge is 2.27.